The molecule has 6 heteroatoms. The lowest BCUT2D eigenvalue weighted by molar-refractivity contribution is 0.517. The minimum Gasteiger partial charge on any atom is -0.420 e. The third-order valence-electron chi connectivity index (χ3n) is 4.18. The summed E-state index contributed by atoms with van der Waals surface area (Å²) in [6.07, 6.45) is 0.395. The van der Waals surface area contributed by atoms with Crippen LogP contribution in [0.3, 0.4) is 0 Å². The highest BCUT2D eigenvalue weighted by Gasteiger charge is 2.16. The normalized spacial score (nSPS) is 12.0. The number of benzene rings is 2. The van der Waals surface area contributed by atoms with Crippen LogP contribution in [0.15, 0.2) is 46.9 Å². The zero-order chi connectivity index (χ0) is 18.3. The fraction of sp³-hybridized carbons (Fsp3) is 0.250. The summed E-state index contributed by atoms with van der Waals surface area (Å²) in [7, 11) is 0. The fourth-order valence-electron chi connectivity index (χ4n) is 2.72. The predicted molar refractivity (Wildman–Crippen MR) is 101 cm³/mol. The molecule has 0 aliphatic rings. The van der Waals surface area contributed by atoms with Crippen molar-refractivity contribution >= 4 is 21.6 Å². The van der Waals surface area contributed by atoms with Gasteiger partial charge in [0.1, 0.15) is 16.3 Å². The van der Waals surface area contributed by atoms with E-state index in [1.165, 1.54) is 23.0 Å². The molecule has 0 aliphatic heterocycles. The summed E-state index contributed by atoms with van der Waals surface area (Å²) >= 11 is 1.44. The molecule has 0 atom stereocenters. The number of aromatic nitrogens is 3. The van der Waals surface area contributed by atoms with Crippen molar-refractivity contribution in [2.75, 3.05) is 0 Å². The largest absolute Gasteiger partial charge is 0.420 e. The van der Waals surface area contributed by atoms with Gasteiger partial charge >= 0.3 is 0 Å². The first-order chi connectivity index (χ1) is 12.4. The molecule has 2 aromatic carbocycles. The smallest absolute Gasteiger partial charge is 0.247 e. The second-order valence-electron chi connectivity index (χ2n) is 7.20. The molecular weight excluding hydrogens is 349 g/mol. The summed E-state index contributed by atoms with van der Waals surface area (Å²) in [4.78, 5) is 4.34. The number of nitrogens with zero attached hydrogens (tertiary/aromatic N) is 3. The van der Waals surface area contributed by atoms with Gasteiger partial charge in [-0.2, -0.15) is 0 Å². The first kappa shape index (κ1) is 16.8. The molecule has 0 N–H and O–H groups in total. The van der Waals surface area contributed by atoms with Gasteiger partial charge in [-0.3, -0.25) is 0 Å². The average Bonchev–Trinajstić information content (AvgIpc) is 3.22. The van der Waals surface area contributed by atoms with Gasteiger partial charge in [0.05, 0.1) is 11.1 Å². The van der Waals surface area contributed by atoms with Crippen LogP contribution in [0.4, 0.5) is 4.39 Å². The van der Waals surface area contributed by atoms with Gasteiger partial charge in [0.15, 0.2) is 0 Å². The van der Waals surface area contributed by atoms with Crippen LogP contribution in [-0.2, 0) is 11.8 Å². The van der Waals surface area contributed by atoms with E-state index in [2.05, 4.69) is 48.1 Å². The average molecular weight is 367 g/mol. The van der Waals surface area contributed by atoms with Gasteiger partial charge in [0.2, 0.25) is 11.8 Å². The van der Waals surface area contributed by atoms with Crippen LogP contribution in [-0.4, -0.2) is 15.2 Å². The molecule has 0 spiro atoms. The van der Waals surface area contributed by atoms with Crippen molar-refractivity contribution in [2.45, 2.75) is 32.6 Å². The minimum atomic E-state index is -0.310. The summed E-state index contributed by atoms with van der Waals surface area (Å²) in [6.45, 7) is 6.52. The number of thiazole rings is 1. The molecule has 0 amide bonds. The molecule has 26 heavy (non-hydrogen) atoms. The van der Waals surface area contributed by atoms with Crippen LogP contribution in [0.25, 0.3) is 21.7 Å². The third kappa shape index (κ3) is 3.24. The van der Waals surface area contributed by atoms with Crippen molar-refractivity contribution in [3.63, 3.8) is 0 Å². The zero-order valence-corrected chi connectivity index (χ0v) is 15.6. The van der Waals surface area contributed by atoms with Crippen molar-refractivity contribution in [3.05, 3.63) is 64.7 Å². The zero-order valence-electron chi connectivity index (χ0n) is 14.8. The highest BCUT2D eigenvalue weighted by Crippen LogP contribution is 2.28. The van der Waals surface area contributed by atoms with Gasteiger partial charge in [0.25, 0.3) is 0 Å². The SMILES string of the molecule is CC(C)(C)c1ccc(-c2nnc(Cc3nc4c(F)cccc4s3)o2)cc1. The molecule has 2 aromatic heterocycles. The molecule has 4 nitrogen and oxygen atoms in total. The third-order valence-corrected chi connectivity index (χ3v) is 5.20. The topological polar surface area (TPSA) is 51.8 Å². The van der Waals surface area contributed by atoms with Crippen LogP contribution < -0.4 is 0 Å². The number of rotatable bonds is 3. The molecule has 0 saturated carbocycles. The van der Waals surface area contributed by atoms with E-state index in [1.54, 1.807) is 6.07 Å². The Kier molecular flexibility index (Phi) is 4.07. The van der Waals surface area contributed by atoms with E-state index in [9.17, 15) is 4.39 Å². The highest BCUT2D eigenvalue weighted by molar-refractivity contribution is 7.18. The van der Waals surface area contributed by atoms with Gasteiger partial charge in [0, 0.05) is 5.56 Å². The van der Waals surface area contributed by atoms with Gasteiger partial charge < -0.3 is 4.42 Å². The van der Waals surface area contributed by atoms with Gasteiger partial charge in [-0.15, -0.1) is 21.5 Å². The monoisotopic (exact) mass is 367 g/mol. The molecule has 4 aromatic rings. The molecule has 0 bridgehead atoms. The van der Waals surface area contributed by atoms with E-state index in [-0.39, 0.29) is 11.2 Å². The number of fused-ring (bicyclic) bond motifs is 1. The predicted octanol–water partition coefficient (Wildman–Crippen LogP) is 5.37. The Morgan fingerprint density at radius 3 is 2.50 bits per heavy atom. The molecule has 132 valence electrons. The maximum atomic E-state index is 13.8. The molecule has 0 aliphatic carbocycles. The second-order valence-corrected chi connectivity index (χ2v) is 8.31. The second kappa shape index (κ2) is 6.29. The highest BCUT2D eigenvalue weighted by atomic mass is 32.1. The Morgan fingerprint density at radius 2 is 1.81 bits per heavy atom. The first-order valence-electron chi connectivity index (χ1n) is 8.37. The van der Waals surface area contributed by atoms with E-state index in [0.29, 0.717) is 23.7 Å². The van der Waals surface area contributed by atoms with E-state index in [4.69, 9.17) is 4.42 Å². The summed E-state index contributed by atoms with van der Waals surface area (Å²) in [6, 6.07) is 13.1. The van der Waals surface area contributed by atoms with E-state index in [0.717, 1.165) is 15.3 Å². The van der Waals surface area contributed by atoms with Gasteiger partial charge in [-0.1, -0.05) is 39.0 Å². The summed E-state index contributed by atoms with van der Waals surface area (Å²) in [5, 5.41) is 8.99. The number of hydrogen-bond donors (Lipinski definition) is 0. The number of hydrogen-bond acceptors (Lipinski definition) is 5. The molecule has 2 heterocycles. The maximum Gasteiger partial charge on any atom is 0.247 e. The van der Waals surface area contributed by atoms with Gasteiger partial charge in [-0.25, -0.2) is 9.37 Å². The first-order valence-corrected chi connectivity index (χ1v) is 9.19. The van der Waals surface area contributed by atoms with Crippen LogP contribution in [0.2, 0.25) is 0 Å². The van der Waals surface area contributed by atoms with E-state index < -0.39 is 0 Å². The lowest BCUT2D eigenvalue weighted by Gasteiger charge is -2.18. The van der Waals surface area contributed by atoms with E-state index >= 15 is 0 Å². The van der Waals surface area contributed by atoms with Crippen molar-refractivity contribution in [1.82, 2.24) is 15.2 Å². The Balaban J connectivity index is 1.56. The number of halogens is 1. The standard InChI is InChI=1S/C20H18FN3OS/c1-20(2,3)13-9-7-12(8-10-13)19-24-23-16(25-19)11-17-22-18-14(21)5-4-6-15(18)26-17/h4-10H,11H2,1-3H3. The maximum absolute atomic E-state index is 13.8. The van der Waals surface area contributed by atoms with Crippen LogP contribution >= 0.6 is 11.3 Å². The van der Waals surface area contributed by atoms with Crippen molar-refractivity contribution in [3.8, 4) is 11.5 Å². The fourth-order valence-corrected chi connectivity index (χ4v) is 3.69. The van der Waals surface area contributed by atoms with Crippen molar-refractivity contribution in [1.29, 1.82) is 0 Å². The molecule has 4 rings (SSSR count). The lowest BCUT2D eigenvalue weighted by Crippen LogP contribution is -2.10. The molecule has 0 radical (unpaired) electrons. The van der Waals surface area contributed by atoms with Crippen LogP contribution in [0, 0.1) is 5.82 Å². The molecule has 0 saturated heterocycles. The Hall–Kier alpha value is -2.60. The summed E-state index contributed by atoms with van der Waals surface area (Å²) in [5.41, 5.74) is 2.62. The minimum absolute atomic E-state index is 0.0979. The van der Waals surface area contributed by atoms with Crippen molar-refractivity contribution in [2.24, 2.45) is 0 Å². The summed E-state index contributed by atoms with van der Waals surface area (Å²) < 4.78 is 20.4. The van der Waals surface area contributed by atoms with Crippen molar-refractivity contribution < 1.29 is 8.81 Å². The molecule has 0 unspecified atom stereocenters. The summed E-state index contributed by atoms with van der Waals surface area (Å²) in [5.74, 6) is 0.641. The Bertz CT molecular complexity index is 1060. The van der Waals surface area contributed by atoms with Crippen LogP contribution in [0.5, 0.6) is 0 Å². The lowest BCUT2D eigenvalue weighted by atomic mass is 9.87. The Morgan fingerprint density at radius 1 is 1.04 bits per heavy atom. The molecule has 0 fully saturated rings. The van der Waals surface area contributed by atoms with Gasteiger partial charge in [-0.05, 0) is 35.2 Å². The quantitative estimate of drug-likeness (QED) is 0.488. The Labute approximate surface area is 154 Å². The van der Waals surface area contributed by atoms with Crippen LogP contribution in [0.1, 0.15) is 37.2 Å². The van der Waals surface area contributed by atoms with E-state index in [1.807, 2.05) is 18.2 Å². The number of para-hydroxylation sites is 1. The molecular formula is C20H18FN3OS.